The zero-order valence-electron chi connectivity index (χ0n) is 35.5. The van der Waals surface area contributed by atoms with Gasteiger partial charge in [0.2, 0.25) is 11.6 Å². The van der Waals surface area contributed by atoms with Crippen molar-refractivity contribution in [2.75, 3.05) is 21.5 Å². The van der Waals surface area contributed by atoms with Crippen molar-refractivity contribution in [3.05, 3.63) is 129 Å². The van der Waals surface area contributed by atoms with Crippen molar-refractivity contribution in [1.82, 2.24) is 0 Å². The first-order chi connectivity index (χ1) is 29.4. The van der Waals surface area contributed by atoms with Crippen LogP contribution in [0.2, 0.25) is 0 Å². The minimum Gasteiger partial charge on any atom is -0.744 e. The predicted octanol–water partition coefficient (Wildman–Crippen LogP) is -8.28. The van der Waals surface area contributed by atoms with Crippen LogP contribution in [0.25, 0.3) is 22.9 Å². The maximum absolute atomic E-state index is 13.5. The van der Waals surface area contributed by atoms with Crippen LogP contribution in [0.1, 0.15) is 37.4 Å². The van der Waals surface area contributed by atoms with E-state index in [2.05, 4.69) is 31.7 Å². The largest absolute Gasteiger partial charge is 1.00 e. The maximum Gasteiger partial charge on any atom is 1.00 e. The van der Waals surface area contributed by atoms with Crippen molar-refractivity contribution in [1.29, 1.82) is 0 Å². The number of carbonyl (C=O) groups is 3. The SMILES string of the molecule is Cc1cc(S(=O)(=O)[O-])ccc1N/N=C1/C(=O)c2ccc(NC(=O)Nc3ccc4c(c3)C=C(S(=O)(=O)[O-])/C(=N/Nc3ccc5cc(S(=O)(=O)[O-])ccc5c3)C4=O)cc2C=C1S(=O)(=O)[O-].[Na+].[Na+].[Na+].[Na+]. The molecule has 324 valence electrons. The minimum absolute atomic E-state index is 0. The topological polar surface area (TPSA) is 353 Å². The van der Waals surface area contributed by atoms with Crippen LogP contribution in [-0.2, 0) is 40.5 Å². The fourth-order valence-corrected chi connectivity index (χ4v) is 8.68. The second-order valence-electron chi connectivity index (χ2n) is 13.5. The molecule has 0 spiro atoms. The summed E-state index contributed by atoms with van der Waals surface area (Å²) >= 11 is 0. The molecular weight excluding hydrogens is 1000 g/mol. The summed E-state index contributed by atoms with van der Waals surface area (Å²) in [4.78, 5) is 36.9. The molecule has 0 saturated carbocycles. The third-order valence-electron chi connectivity index (χ3n) is 9.29. The molecule has 0 saturated heterocycles. The van der Waals surface area contributed by atoms with Gasteiger partial charge in [-0.05, 0) is 125 Å². The van der Waals surface area contributed by atoms with Crippen molar-refractivity contribution in [2.24, 2.45) is 10.2 Å². The van der Waals surface area contributed by atoms with Gasteiger partial charge in [0.15, 0.2) is 0 Å². The van der Waals surface area contributed by atoms with E-state index >= 15 is 0 Å². The van der Waals surface area contributed by atoms with E-state index in [1.807, 2.05) is 0 Å². The van der Waals surface area contributed by atoms with Crippen LogP contribution in [0.5, 0.6) is 0 Å². The summed E-state index contributed by atoms with van der Waals surface area (Å²) in [5.74, 6) is -1.98. The molecular formula is C38H24N6Na4O15S4. The number of anilines is 4. The zero-order valence-corrected chi connectivity index (χ0v) is 46.7. The molecule has 2 amide bonds. The van der Waals surface area contributed by atoms with E-state index in [0.717, 1.165) is 42.5 Å². The quantitative estimate of drug-likeness (QED) is 0.0573. The van der Waals surface area contributed by atoms with Gasteiger partial charge in [-0.15, -0.1) is 0 Å². The smallest absolute Gasteiger partial charge is 0.744 e. The Kier molecular flexibility index (Phi) is 19.5. The van der Waals surface area contributed by atoms with Gasteiger partial charge in [-0.1, -0.05) is 12.1 Å². The summed E-state index contributed by atoms with van der Waals surface area (Å²) in [6.45, 7) is 1.40. The zero-order chi connectivity index (χ0) is 45.8. The summed E-state index contributed by atoms with van der Waals surface area (Å²) in [6, 6.07) is 17.4. The molecule has 5 aromatic carbocycles. The van der Waals surface area contributed by atoms with Crippen LogP contribution in [0, 0.1) is 6.92 Å². The Balaban J connectivity index is 0.00000298. The molecule has 0 aromatic heterocycles. The Hall–Kier alpha value is -2.97. The van der Waals surface area contributed by atoms with Crippen LogP contribution in [-0.4, -0.2) is 80.9 Å². The van der Waals surface area contributed by atoms with Gasteiger partial charge >= 0.3 is 124 Å². The number of allylic oxidation sites excluding steroid dienone is 2. The van der Waals surface area contributed by atoms with Gasteiger partial charge in [-0.25, -0.2) is 38.5 Å². The van der Waals surface area contributed by atoms with E-state index in [0.29, 0.717) is 10.8 Å². The average Bonchev–Trinajstić information content (AvgIpc) is 3.18. The Morgan fingerprint density at radius 3 is 1.37 bits per heavy atom. The molecule has 0 unspecified atom stereocenters. The number of hydrogen-bond acceptors (Lipinski definition) is 19. The van der Waals surface area contributed by atoms with Crippen molar-refractivity contribution >= 4 is 115 Å². The fourth-order valence-electron chi connectivity index (χ4n) is 6.32. The number of nitrogens with one attached hydrogen (secondary N) is 4. The predicted molar refractivity (Wildman–Crippen MR) is 223 cm³/mol. The first kappa shape index (κ1) is 58.3. The number of hydrogen-bond donors (Lipinski definition) is 4. The molecule has 4 N–H and O–H groups in total. The van der Waals surface area contributed by atoms with Crippen molar-refractivity contribution in [2.45, 2.75) is 16.7 Å². The van der Waals surface area contributed by atoms with Gasteiger partial charge < -0.3 is 28.8 Å². The summed E-state index contributed by atoms with van der Waals surface area (Å²) in [7, 11) is -20.2. The third-order valence-corrected chi connectivity index (χ3v) is 12.7. The summed E-state index contributed by atoms with van der Waals surface area (Å²) in [5, 5.41) is 13.4. The molecule has 21 nitrogen and oxygen atoms in total. The number of benzene rings is 5. The summed E-state index contributed by atoms with van der Waals surface area (Å²) in [5.41, 5.74) is 3.39. The van der Waals surface area contributed by atoms with E-state index in [9.17, 15) is 66.3 Å². The molecule has 2 aliphatic rings. The summed E-state index contributed by atoms with van der Waals surface area (Å²) < 4.78 is 142. The van der Waals surface area contributed by atoms with E-state index in [1.165, 1.54) is 67.6 Å². The molecule has 5 aromatic rings. The van der Waals surface area contributed by atoms with Crippen LogP contribution >= 0.6 is 0 Å². The van der Waals surface area contributed by atoms with Gasteiger partial charge in [0.25, 0.3) is 0 Å². The Bertz CT molecular complexity index is 3500. The average molecular weight is 1020 g/mol. The Morgan fingerprint density at radius 2 is 0.910 bits per heavy atom. The molecule has 2 aliphatic carbocycles. The number of ketones is 2. The monoisotopic (exact) mass is 1020 g/mol. The number of amides is 2. The Labute approximate surface area is 470 Å². The van der Waals surface area contributed by atoms with Crippen molar-refractivity contribution in [3.8, 4) is 0 Å². The number of urea groups is 1. The van der Waals surface area contributed by atoms with E-state index in [-0.39, 0.29) is 169 Å². The number of aryl methyl sites for hydroxylation is 1. The standard InChI is InChI=1S/C38H28N6O15S4.4Na/c1-19-12-27(60(48,49)50)8-11-31(19)42-44-35-33(63(57,58)59)18-23-15-25(6-10-30(23)37(35)46)40-38(47)39-24-5-9-29-22(14-24)17-32(62(54,55)56)34(36(29)45)43-41-26-4-2-21-16-28(61(51,52)53)7-3-20(21)13-26;;;;/h2-18,41-42H,1H3,(H2,39,40,47)(H,48,49,50)(H,51,52,53)(H,54,55,56)(H,57,58,59);;;;/q;4*+1/p-4/b43-34-,44-35+;;;;. The normalized spacial score (nSPS) is 14.7. The Morgan fingerprint density at radius 1 is 0.493 bits per heavy atom. The van der Waals surface area contributed by atoms with Crippen LogP contribution in [0.4, 0.5) is 27.5 Å². The number of hydrazone groups is 2. The first-order valence-electron chi connectivity index (χ1n) is 17.4. The molecule has 0 aliphatic heterocycles. The maximum atomic E-state index is 13.5. The molecule has 0 atom stereocenters. The van der Waals surface area contributed by atoms with Gasteiger partial charge in [-0.3, -0.25) is 20.4 Å². The van der Waals surface area contributed by atoms with E-state index in [1.54, 1.807) is 0 Å². The molecule has 0 radical (unpaired) electrons. The van der Waals surface area contributed by atoms with Crippen LogP contribution < -0.4 is 140 Å². The first-order valence-corrected chi connectivity index (χ1v) is 23.1. The van der Waals surface area contributed by atoms with E-state index in [4.69, 9.17) is 0 Å². The van der Waals surface area contributed by atoms with Crippen molar-refractivity contribution in [3.63, 3.8) is 0 Å². The van der Waals surface area contributed by atoms with Gasteiger partial charge in [-0.2, -0.15) is 10.2 Å². The van der Waals surface area contributed by atoms with E-state index < -0.39 is 89.1 Å². The minimum atomic E-state index is -5.35. The second-order valence-corrected chi connectivity index (χ2v) is 19.0. The number of rotatable bonds is 10. The van der Waals surface area contributed by atoms with Crippen molar-refractivity contribution < 1.29 is 184 Å². The van der Waals surface area contributed by atoms with Crippen LogP contribution in [0.15, 0.2) is 121 Å². The number of fused-ring (bicyclic) bond motifs is 3. The molecule has 0 fully saturated rings. The fraction of sp³-hybridized carbons (Fsp3) is 0.0263. The third kappa shape index (κ3) is 13.5. The molecule has 7 rings (SSSR count). The molecule has 67 heavy (non-hydrogen) atoms. The summed E-state index contributed by atoms with van der Waals surface area (Å²) in [6.07, 6.45) is 1.74. The number of Topliss-reactive ketones (excluding diaryl/α,β-unsaturated/α-hetero) is 2. The number of nitrogens with zero attached hydrogens (tertiary/aromatic N) is 2. The molecule has 0 bridgehead atoms. The molecule has 0 heterocycles. The van der Waals surface area contributed by atoms with Gasteiger partial charge in [0, 0.05) is 22.5 Å². The van der Waals surface area contributed by atoms with Gasteiger partial charge in [0.1, 0.15) is 51.9 Å². The molecule has 29 heteroatoms. The second kappa shape index (κ2) is 22.4. The van der Waals surface area contributed by atoms with Gasteiger partial charge in [0.05, 0.1) is 31.0 Å². The number of carbonyl (C=O) groups excluding carboxylic acids is 3. The van der Waals surface area contributed by atoms with Crippen LogP contribution in [0.3, 0.4) is 0 Å².